The van der Waals surface area contributed by atoms with Crippen molar-refractivity contribution in [3.05, 3.63) is 64.4 Å². The quantitative estimate of drug-likeness (QED) is 0.708. The van der Waals surface area contributed by atoms with Crippen LogP contribution < -0.4 is 10.6 Å². The third-order valence-electron chi connectivity index (χ3n) is 5.28. The Labute approximate surface area is 169 Å². The lowest BCUT2D eigenvalue weighted by Crippen LogP contribution is -2.38. The molecule has 0 radical (unpaired) electrons. The molecule has 1 saturated carbocycles. The van der Waals surface area contributed by atoms with Crippen molar-refractivity contribution in [2.45, 2.75) is 44.4 Å². The standard InChI is InChI=1S/C22H24ClFN2O2/c1-2-12-25-20(27)18-9-8-17(14-19(18)23)26-21(28)22(10-3-4-11-22)15-6-5-7-16(24)13-15/h5-9,13-14H,2-4,10-12H2,1H3,(H,25,27)(H,26,28). The summed E-state index contributed by atoms with van der Waals surface area (Å²) in [5.41, 5.74) is 0.842. The summed E-state index contributed by atoms with van der Waals surface area (Å²) in [7, 11) is 0. The Morgan fingerprint density at radius 2 is 1.89 bits per heavy atom. The molecule has 4 nitrogen and oxygen atoms in total. The smallest absolute Gasteiger partial charge is 0.252 e. The molecule has 2 aromatic rings. The predicted octanol–water partition coefficient (Wildman–Crippen LogP) is 5.07. The highest BCUT2D eigenvalue weighted by atomic mass is 35.5. The summed E-state index contributed by atoms with van der Waals surface area (Å²) in [4.78, 5) is 25.3. The van der Waals surface area contributed by atoms with Crippen LogP contribution in [0, 0.1) is 5.82 Å². The summed E-state index contributed by atoms with van der Waals surface area (Å²) in [5.74, 6) is -0.756. The molecule has 3 rings (SSSR count). The molecule has 0 spiro atoms. The lowest BCUT2D eigenvalue weighted by molar-refractivity contribution is -0.121. The summed E-state index contributed by atoms with van der Waals surface area (Å²) in [6, 6.07) is 11.1. The zero-order chi connectivity index (χ0) is 20.1. The first kappa shape index (κ1) is 20.3. The van der Waals surface area contributed by atoms with E-state index >= 15 is 0 Å². The van der Waals surface area contributed by atoms with E-state index in [1.54, 1.807) is 24.3 Å². The fourth-order valence-electron chi connectivity index (χ4n) is 3.77. The third kappa shape index (κ3) is 4.20. The fourth-order valence-corrected chi connectivity index (χ4v) is 4.04. The van der Waals surface area contributed by atoms with Gasteiger partial charge >= 0.3 is 0 Å². The van der Waals surface area contributed by atoms with Gasteiger partial charge in [-0.1, -0.05) is 43.5 Å². The predicted molar refractivity (Wildman–Crippen MR) is 109 cm³/mol. The van der Waals surface area contributed by atoms with E-state index in [0.29, 0.717) is 36.2 Å². The van der Waals surface area contributed by atoms with E-state index in [9.17, 15) is 14.0 Å². The second kappa shape index (κ2) is 8.74. The largest absolute Gasteiger partial charge is 0.352 e. The van der Waals surface area contributed by atoms with Gasteiger partial charge in [-0.05, 0) is 55.2 Å². The number of hydrogen-bond acceptors (Lipinski definition) is 2. The van der Waals surface area contributed by atoms with E-state index < -0.39 is 5.41 Å². The molecule has 28 heavy (non-hydrogen) atoms. The Kier molecular flexibility index (Phi) is 6.35. The zero-order valence-corrected chi connectivity index (χ0v) is 16.6. The van der Waals surface area contributed by atoms with Gasteiger partial charge in [0.15, 0.2) is 0 Å². The van der Waals surface area contributed by atoms with E-state index in [0.717, 1.165) is 19.3 Å². The van der Waals surface area contributed by atoms with Crippen LogP contribution in [0.1, 0.15) is 54.9 Å². The van der Waals surface area contributed by atoms with Crippen LogP contribution in [-0.2, 0) is 10.2 Å². The highest BCUT2D eigenvalue weighted by Gasteiger charge is 2.42. The lowest BCUT2D eigenvalue weighted by atomic mass is 9.78. The number of benzene rings is 2. The Balaban J connectivity index is 1.81. The van der Waals surface area contributed by atoms with Gasteiger partial charge in [0.25, 0.3) is 5.91 Å². The van der Waals surface area contributed by atoms with Crippen LogP contribution in [0.3, 0.4) is 0 Å². The van der Waals surface area contributed by atoms with Crippen LogP contribution >= 0.6 is 11.6 Å². The van der Waals surface area contributed by atoms with Crippen molar-refractivity contribution in [1.82, 2.24) is 5.32 Å². The molecule has 0 saturated heterocycles. The summed E-state index contributed by atoms with van der Waals surface area (Å²) in [5, 5.41) is 5.97. The Morgan fingerprint density at radius 1 is 1.14 bits per heavy atom. The van der Waals surface area contributed by atoms with Crippen LogP contribution in [-0.4, -0.2) is 18.4 Å². The number of amides is 2. The molecule has 2 aromatic carbocycles. The van der Waals surface area contributed by atoms with Gasteiger partial charge in [-0.2, -0.15) is 0 Å². The molecular formula is C22H24ClFN2O2. The van der Waals surface area contributed by atoms with Gasteiger partial charge in [-0.15, -0.1) is 0 Å². The first-order chi connectivity index (χ1) is 13.5. The minimum Gasteiger partial charge on any atom is -0.352 e. The minimum absolute atomic E-state index is 0.171. The number of hydrogen-bond donors (Lipinski definition) is 2. The summed E-state index contributed by atoms with van der Waals surface area (Å²) < 4.78 is 13.8. The highest BCUT2D eigenvalue weighted by molar-refractivity contribution is 6.34. The molecule has 0 aromatic heterocycles. The van der Waals surface area contributed by atoms with Crippen LogP contribution in [0.5, 0.6) is 0 Å². The van der Waals surface area contributed by atoms with E-state index in [1.807, 2.05) is 13.0 Å². The zero-order valence-electron chi connectivity index (χ0n) is 15.9. The number of carbonyl (C=O) groups is 2. The van der Waals surface area contributed by atoms with Gasteiger partial charge in [0.05, 0.1) is 16.0 Å². The minimum atomic E-state index is -0.744. The normalized spacial score (nSPS) is 15.2. The topological polar surface area (TPSA) is 58.2 Å². The van der Waals surface area contributed by atoms with Crippen molar-refractivity contribution < 1.29 is 14.0 Å². The van der Waals surface area contributed by atoms with Gasteiger partial charge in [-0.3, -0.25) is 9.59 Å². The molecule has 1 aliphatic rings. The highest BCUT2D eigenvalue weighted by Crippen LogP contribution is 2.42. The van der Waals surface area contributed by atoms with Gasteiger partial charge in [0.1, 0.15) is 5.82 Å². The van der Waals surface area contributed by atoms with Crippen LogP contribution in [0.15, 0.2) is 42.5 Å². The first-order valence-electron chi connectivity index (χ1n) is 9.61. The molecular weight excluding hydrogens is 379 g/mol. The first-order valence-corrected chi connectivity index (χ1v) is 9.99. The van der Waals surface area contributed by atoms with Crippen molar-refractivity contribution >= 4 is 29.1 Å². The number of anilines is 1. The lowest BCUT2D eigenvalue weighted by Gasteiger charge is -2.28. The SMILES string of the molecule is CCCNC(=O)c1ccc(NC(=O)C2(c3cccc(F)c3)CCCC2)cc1Cl. The second-order valence-corrected chi connectivity index (χ2v) is 7.61. The van der Waals surface area contributed by atoms with Crippen molar-refractivity contribution in [1.29, 1.82) is 0 Å². The molecule has 2 amide bonds. The number of halogens is 2. The maximum atomic E-state index is 13.8. The van der Waals surface area contributed by atoms with Crippen molar-refractivity contribution in [2.24, 2.45) is 0 Å². The maximum absolute atomic E-state index is 13.8. The molecule has 148 valence electrons. The number of nitrogens with one attached hydrogen (secondary N) is 2. The van der Waals surface area contributed by atoms with Crippen molar-refractivity contribution in [3.8, 4) is 0 Å². The van der Waals surface area contributed by atoms with Crippen LogP contribution in [0.25, 0.3) is 0 Å². The van der Waals surface area contributed by atoms with Gasteiger partial charge in [0.2, 0.25) is 5.91 Å². The van der Waals surface area contributed by atoms with Crippen LogP contribution in [0.4, 0.5) is 10.1 Å². The van der Waals surface area contributed by atoms with Crippen molar-refractivity contribution in [2.75, 3.05) is 11.9 Å². The average Bonchev–Trinajstić information content (AvgIpc) is 3.17. The molecule has 0 unspecified atom stereocenters. The van der Waals surface area contributed by atoms with E-state index in [1.165, 1.54) is 12.1 Å². The Hall–Kier alpha value is -2.40. The maximum Gasteiger partial charge on any atom is 0.252 e. The monoisotopic (exact) mass is 402 g/mol. The van der Waals surface area contributed by atoms with Gasteiger partial charge < -0.3 is 10.6 Å². The average molecular weight is 403 g/mol. The Bertz CT molecular complexity index is 879. The summed E-state index contributed by atoms with van der Waals surface area (Å²) >= 11 is 6.26. The molecule has 0 aliphatic heterocycles. The summed E-state index contributed by atoms with van der Waals surface area (Å²) in [6.07, 6.45) is 4.02. The van der Waals surface area contributed by atoms with E-state index in [2.05, 4.69) is 10.6 Å². The number of rotatable bonds is 6. The summed E-state index contributed by atoms with van der Waals surface area (Å²) in [6.45, 7) is 2.54. The number of carbonyl (C=O) groups excluding carboxylic acids is 2. The Morgan fingerprint density at radius 3 is 2.54 bits per heavy atom. The molecule has 6 heteroatoms. The van der Waals surface area contributed by atoms with E-state index in [-0.39, 0.29) is 22.7 Å². The molecule has 0 atom stereocenters. The fraction of sp³-hybridized carbons (Fsp3) is 0.364. The molecule has 0 heterocycles. The van der Waals surface area contributed by atoms with Gasteiger partial charge in [-0.25, -0.2) is 4.39 Å². The second-order valence-electron chi connectivity index (χ2n) is 7.20. The van der Waals surface area contributed by atoms with Gasteiger partial charge in [0, 0.05) is 12.2 Å². The molecule has 2 N–H and O–H groups in total. The van der Waals surface area contributed by atoms with Crippen molar-refractivity contribution in [3.63, 3.8) is 0 Å². The molecule has 1 aliphatic carbocycles. The van der Waals surface area contributed by atoms with Crippen LogP contribution in [0.2, 0.25) is 5.02 Å². The van der Waals surface area contributed by atoms with E-state index in [4.69, 9.17) is 11.6 Å². The molecule has 0 bridgehead atoms. The molecule has 1 fully saturated rings. The third-order valence-corrected chi connectivity index (χ3v) is 5.59.